The summed E-state index contributed by atoms with van der Waals surface area (Å²) in [6, 6.07) is 10.6. The van der Waals surface area contributed by atoms with Crippen molar-refractivity contribution in [2.45, 2.75) is 25.8 Å². The van der Waals surface area contributed by atoms with Crippen LogP contribution < -0.4 is 5.32 Å². The van der Waals surface area contributed by atoms with Gasteiger partial charge in [-0.25, -0.2) is 0 Å². The highest BCUT2D eigenvalue weighted by molar-refractivity contribution is 7.20. The molecule has 1 aromatic heterocycles. The zero-order valence-electron chi connectivity index (χ0n) is 11.8. The average molecular weight is 288 g/mol. The van der Waals surface area contributed by atoms with Crippen LogP contribution >= 0.6 is 11.3 Å². The lowest BCUT2D eigenvalue weighted by molar-refractivity contribution is 0.0697. The number of thiophene rings is 1. The second kappa shape index (κ2) is 5.94. The summed E-state index contributed by atoms with van der Waals surface area (Å²) >= 11 is 1.61. The van der Waals surface area contributed by atoms with Gasteiger partial charge in [0.2, 0.25) is 0 Å². The van der Waals surface area contributed by atoms with Crippen molar-refractivity contribution in [1.29, 1.82) is 0 Å². The van der Waals surface area contributed by atoms with Crippen molar-refractivity contribution in [2.75, 3.05) is 19.6 Å². The minimum Gasteiger partial charge on any atom is -0.334 e. The number of fused-ring (bicyclic) bond motifs is 1. The van der Waals surface area contributed by atoms with E-state index < -0.39 is 0 Å². The Kier molecular flexibility index (Phi) is 4.03. The third kappa shape index (κ3) is 2.58. The molecular weight excluding hydrogens is 268 g/mol. The second-order valence-electron chi connectivity index (χ2n) is 5.29. The van der Waals surface area contributed by atoms with Gasteiger partial charge >= 0.3 is 0 Å². The normalized spacial score (nSPS) is 18.6. The maximum absolute atomic E-state index is 12.8. The van der Waals surface area contributed by atoms with E-state index in [9.17, 15) is 4.79 Å². The van der Waals surface area contributed by atoms with Gasteiger partial charge in [0, 0.05) is 23.8 Å². The molecule has 106 valence electrons. The van der Waals surface area contributed by atoms with Crippen LogP contribution in [0.5, 0.6) is 0 Å². The zero-order chi connectivity index (χ0) is 13.9. The van der Waals surface area contributed by atoms with E-state index in [4.69, 9.17) is 0 Å². The van der Waals surface area contributed by atoms with Gasteiger partial charge in [-0.3, -0.25) is 4.79 Å². The first-order valence-electron chi connectivity index (χ1n) is 7.30. The van der Waals surface area contributed by atoms with Crippen molar-refractivity contribution < 1.29 is 4.79 Å². The fraction of sp³-hybridized carbons (Fsp3) is 0.438. The summed E-state index contributed by atoms with van der Waals surface area (Å²) < 4.78 is 1.19. The number of benzene rings is 1. The summed E-state index contributed by atoms with van der Waals surface area (Å²) in [6.45, 7) is 4.92. The van der Waals surface area contributed by atoms with E-state index >= 15 is 0 Å². The molecule has 0 radical (unpaired) electrons. The van der Waals surface area contributed by atoms with Crippen LogP contribution in [0.2, 0.25) is 0 Å². The molecular formula is C16H20N2OS. The molecule has 0 saturated carbocycles. The maximum Gasteiger partial charge on any atom is 0.264 e. The van der Waals surface area contributed by atoms with E-state index in [-0.39, 0.29) is 5.91 Å². The van der Waals surface area contributed by atoms with Gasteiger partial charge < -0.3 is 10.2 Å². The topological polar surface area (TPSA) is 32.3 Å². The molecule has 2 aromatic rings. The molecule has 2 heterocycles. The molecule has 20 heavy (non-hydrogen) atoms. The number of nitrogens with zero attached hydrogens (tertiary/aromatic N) is 1. The molecule has 1 aromatic carbocycles. The fourth-order valence-electron chi connectivity index (χ4n) is 2.83. The summed E-state index contributed by atoms with van der Waals surface area (Å²) in [5.74, 6) is 0.196. The Morgan fingerprint density at radius 2 is 2.30 bits per heavy atom. The lowest BCUT2D eigenvalue weighted by Gasteiger charge is -2.27. The van der Waals surface area contributed by atoms with E-state index in [1.165, 1.54) is 10.1 Å². The first-order valence-corrected chi connectivity index (χ1v) is 8.11. The molecule has 3 rings (SSSR count). The predicted molar refractivity (Wildman–Crippen MR) is 84.4 cm³/mol. The first kappa shape index (κ1) is 13.6. The highest BCUT2D eigenvalue weighted by Gasteiger charge is 2.27. The van der Waals surface area contributed by atoms with Crippen molar-refractivity contribution in [1.82, 2.24) is 10.2 Å². The van der Waals surface area contributed by atoms with Crippen molar-refractivity contribution in [3.05, 3.63) is 35.2 Å². The quantitative estimate of drug-likeness (QED) is 0.937. The third-order valence-electron chi connectivity index (χ3n) is 3.84. The summed E-state index contributed by atoms with van der Waals surface area (Å²) in [4.78, 5) is 15.7. The monoisotopic (exact) mass is 288 g/mol. The molecule has 0 aliphatic carbocycles. The Morgan fingerprint density at radius 3 is 3.00 bits per heavy atom. The summed E-state index contributed by atoms with van der Waals surface area (Å²) in [5, 5.41) is 4.52. The predicted octanol–water partition coefficient (Wildman–Crippen LogP) is 3.12. The van der Waals surface area contributed by atoms with E-state index in [0.29, 0.717) is 6.04 Å². The minimum atomic E-state index is 0.196. The molecule has 1 aliphatic rings. The highest BCUT2D eigenvalue weighted by atomic mass is 32.1. The number of carbonyl (C=O) groups is 1. The molecule has 1 fully saturated rings. The van der Waals surface area contributed by atoms with Gasteiger partial charge in [0.05, 0.1) is 4.88 Å². The Balaban J connectivity index is 1.87. The van der Waals surface area contributed by atoms with E-state index in [1.807, 2.05) is 18.2 Å². The lowest BCUT2D eigenvalue weighted by atomic mass is 10.2. The first-order chi connectivity index (χ1) is 9.79. The fourth-order valence-corrected chi connectivity index (χ4v) is 3.84. The van der Waals surface area contributed by atoms with Gasteiger partial charge in [-0.2, -0.15) is 0 Å². The zero-order valence-corrected chi connectivity index (χ0v) is 12.6. The van der Waals surface area contributed by atoms with Gasteiger partial charge in [-0.15, -0.1) is 11.3 Å². The molecule has 0 spiro atoms. The van der Waals surface area contributed by atoms with Crippen LogP contribution in [0.4, 0.5) is 0 Å². The SMILES string of the molecule is CCCN(C(=O)c1cc2ccccc2s1)C1CCNC1. The van der Waals surface area contributed by atoms with E-state index in [1.54, 1.807) is 11.3 Å². The van der Waals surface area contributed by atoms with Gasteiger partial charge in [-0.1, -0.05) is 25.1 Å². The molecule has 1 atom stereocenters. The van der Waals surface area contributed by atoms with Crippen LogP contribution in [-0.4, -0.2) is 36.5 Å². The van der Waals surface area contributed by atoms with E-state index in [2.05, 4.69) is 29.3 Å². The van der Waals surface area contributed by atoms with Gasteiger partial charge in [0.25, 0.3) is 5.91 Å². The average Bonchev–Trinajstić information content (AvgIpc) is 3.12. The van der Waals surface area contributed by atoms with Crippen LogP contribution in [-0.2, 0) is 0 Å². The maximum atomic E-state index is 12.8. The Bertz CT molecular complexity index is 568. The van der Waals surface area contributed by atoms with Crippen molar-refractivity contribution in [3.8, 4) is 0 Å². The van der Waals surface area contributed by atoms with Crippen LogP contribution in [0.25, 0.3) is 10.1 Å². The summed E-state index contributed by atoms with van der Waals surface area (Å²) in [7, 11) is 0. The van der Waals surface area contributed by atoms with Crippen LogP contribution in [0, 0.1) is 0 Å². The standard InChI is InChI=1S/C16H20N2OS/c1-2-9-18(13-7-8-17-11-13)16(19)15-10-12-5-3-4-6-14(12)20-15/h3-6,10,13,17H,2,7-9,11H2,1H3. The molecule has 1 aliphatic heterocycles. The number of nitrogens with one attached hydrogen (secondary N) is 1. The summed E-state index contributed by atoms with van der Waals surface area (Å²) in [6.07, 6.45) is 2.07. The third-order valence-corrected chi connectivity index (χ3v) is 4.94. The molecule has 0 bridgehead atoms. The number of amides is 1. The van der Waals surface area contributed by atoms with Gasteiger partial charge in [-0.05, 0) is 36.9 Å². The smallest absolute Gasteiger partial charge is 0.264 e. The van der Waals surface area contributed by atoms with Crippen molar-refractivity contribution >= 4 is 27.3 Å². The van der Waals surface area contributed by atoms with E-state index in [0.717, 1.165) is 37.4 Å². The lowest BCUT2D eigenvalue weighted by Crippen LogP contribution is -2.41. The number of hydrogen-bond acceptors (Lipinski definition) is 3. The molecule has 1 unspecified atom stereocenters. The second-order valence-corrected chi connectivity index (χ2v) is 6.38. The minimum absolute atomic E-state index is 0.196. The number of hydrogen-bond donors (Lipinski definition) is 1. The number of rotatable bonds is 4. The van der Waals surface area contributed by atoms with Gasteiger partial charge in [0.1, 0.15) is 0 Å². The molecule has 1 N–H and O–H groups in total. The van der Waals surface area contributed by atoms with Crippen molar-refractivity contribution in [2.24, 2.45) is 0 Å². The van der Waals surface area contributed by atoms with Crippen LogP contribution in [0.15, 0.2) is 30.3 Å². The van der Waals surface area contributed by atoms with Crippen molar-refractivity contribution in [3.63, 3.8) is 0 Å². The number of carbonyl (C=O) groups excluding carboxylic acids is 1. The largest absolute Gasteiger partial charge is 0.334 e. The Labute approximate surface area is 123 Å². The highest BCUT2D eigenvalue weighted by Crippen LogP contribution is 2.27. The molecule has 3 nitrogen and oxygen atoms in total. The van der Waals surface area contributed by atoms with Crippen LogP contribution in [0.3, 0.4) is 0 Å². The Morgan fingerprint density at radius 1 is 1.45 bits per heavy atom. The molecule has 1 amide bonds. The van der Waals surface area contributed by atoms with Crippen LogP contribution in [0.1, 0.15) is 29.4 Å². The molecule has 1 saturated heterocycles. The molecule has 4 heteroatoms. The summed E-state index contributed by atoms with van der Waals surface area (Å²) in [5.41, 5.74) is 0. The van der Waals surface area contributed by atoms with Gasteiger partial charge in [0.15, 0.2) is 0 Å². The Hall–Kier alpha value is -1.39.